The van der Waals surface area contributed by atoms with Crippen molar-refractivity contribution in [2.75, 3.05) is 5.32 Å². The largest absolute Gasteiger partial charge is 0.321 e. The van der Waals surface area contributed by atoms with Gasteiger partial charge in [-0.1, -0.05) is 35.9 Å². The lowest BCUT2D eigenvalue weighted by molar-refractivity contribution is -0.112. The Labute approximate surface area is 139 Å². The summed E-state index contributed by atoms with van der Waals surface area (Å²) in [6.07, 6.45) is 1.46. The van der Waals surface area contributed by atoms with Gasteiger partial charge in [-0.3, -0.25) is 9.59 Å². The molecule has 1 N–H and O–H groups in total. The second-order valence-corrected chi connectivity index (χ2v) is 5.21. The van der Waals surface area contributed by atoms with Gasteiger partial charge in [0.1, 0.15) is 11.6 Å². The van der Waals surface area contributed by atoms with Gasteiger partial charge in [0.05, 0.1) is 5.69 Å². The number of nitrogens with zero attached hydrogens (tertiary/aromatic N) is 1. The third kappa shape index (κ3) is 4.29. The molecule has 0 aliphatic heterocycles. The molecule has 0 heterocycles. The van der Waals surface area contributed by atoms with Crippen molar-refractivity contribution < 1.29 is 9.59 Å². The van der Waals surface area contributed by atoms with Gasteiger partial charge in [0, 0.05) is 10.6 Å². The van der Waals surface area contributed by atoms with Crippen LogP contribution in [-0.4, -0.2) is 11.7 Å². The highest BCUT2D eigenvalue weighted by molar-refractivity contribution is 6.30. The number of hydrogen-bond acceptors (Lipinski definition) is 3. The molecule has 0 atom stereocenters. The predicted molar refractivity (Wildman–Crippen MR) is 90.1 cm³/mol. The number of anilines is 1. The van der Waals surface area contributed by atoms with E-state index in [1.807, 2.05) is 6.07 Å². The fourth-order valence-electron chi connectivity index (χ4n) is 1.96. The molecular weight excluding hydrogens is 312 g/mol. The van der Waals surface area contributed by atoms with Crippen molar-refractivity contribution in [3.8, 4) is 6.07 Å². The smallest absolute Gasteiger partial charge is 0.266 e. The Morgan fingerprint density at radius 1 is 1.13 bits per heavy atom. The van der Waals surface area contributed by atoms with Gasteiger partial charge < -0.3 is 5.32 Å². The molecule has 0 radical (unpaired) electrons. The van der Waals surface area contributed by atoms with Crippen LogP contribution in [0.15, 0.2) is 54.1 Å². The first kappa shape index (κ1) is 16.5. The van der Waals surface area contributed by atoms with Gasteiger partial charge >= 0.3 is 0 Å². The number of carbonyl (C=O) groups is 2. The maximum atomic E-state index is 12.3. The van der Waals surface area contributed by atoms with Gasteiger partial charge in [0.15, 0.2) is 5.78 Å². The average Bonchev–Trinajstić information content (AvgIpc) is 2.54. The van der Waals surface area contributed by atoms with E-state index in [1.54, 1.807) is 48.5 Å². The SMILES string of the molecule is CC(=O)c1ccccc1NC(=O)/C(C#N)=C\c1ccc(Cl)cc1. The minimum atomic E-state index is -0.573. The molecule has 0 bridgehead atoms. The molecule has 0 unspecified atom stereocenters. The molecule has 5 heteroatoms. The van der Waals surface area contributed by atoms with Crippen molar-refractivity contribution in [3.05, 3.63) is 70.3 Å². The third-order valence-corrected chi connectivity index (χ3v) is 3.35. The maximum Gasteiger partial charge on any atom is 0.266 e. The molecule has 2 rings (SSSR count). The molecule has 0 saturated carbocycles. The summed E-state index contributed by atoms with van der Waals surface area (Å²) in [5.41, 5.74) is 1.39. The monoisotopic (exact) mass is 324 g/mol. The highest BCUT2D eigenvalue weighted by Crippen LogP contribution is 2.18. The lowest BCUT2D eigenvalue weighted by atomic mass is 10.1. The van der Waals surface area contributed by atoms with Crippen molar-refractivity contribution in [1.29, 1.82) is 5.26 Å². The van der Waals surface area contributed by atoms with E-state index in [9.17, 15) is 14.9 Å². The van der Waals surface area contributed by atoms with Crippen LogP contribution in [0, 0.1) is 11.3 Å². The van der Waals surface area contributed by atoms with Gasteiger partial charge in [0.2, 0.25) is 0 Å². The fraction of sp³-hybridized carbons (Fsp3) is 0.0556. The lowest BCUT2D eigenvalue weighted by Gasteiger charge is -2.08. The number of hydrogen-bond donors (Lipinski definition) is 1. The van der Waals surface area contributed by atoms with Crippen LogP contribution in [-0.2, 0) is 4.79 Å². The minimum absolute atomic E-state index is 0.0642. The van der Waals surface area contributed by atoms with Crippen molar-refractivity contribution in [1.82, 2.24) is 0 Å². The predicted octanol–water partition coefficient (Wildman–Crippen LogP) is 4.09. The number of halogens is 1. The normalized spacial score (nSPS) is 10.7. The topological polar surface area (TPSA) is 70.0 Å². The zero-order valence-corrected chi connectivity index (χ0v) is 13.1. The minimum Gasteiger partial charge on any atom is -0.321 e. The van der Waals surface area contributed by atoms with Gasteiger partial charge in [-0.25, -0.2) is 0 Å². The molecular formula is C18H13ClN2O2. The van der Waals surface area contributed by atoms with Crippen LogP contribution in [0.3, 0.4) is 0 Å². The Morgan fingerprint density at radius 3 is 2.39 bits per heavy atom. The van der Waals surface area contributed by atoms with Gasteiger partial charge in [-0.05, 0) is 42.8 Å². The van der Waals surface area contributed by atoms with Crippen LogP contribution in [0.1, 0.15) is 22.8 Å². The van der Waals surface area contributed by atoms with Crippen LogP contribution in [0.2, 0.25) is 5.02 Å². The maximum absolute atomic E-state index is 12.3. The molecule has 0 fully saturated rings. The van der Waals surface area contributed by atoms with Crippen LogP contribution in [0.4, 0.5) is 5.69 Å². The zero-order chi connectivity index (χ0) is 16.8. The number of nitrogens with one attached hydrogen (secondary N) is 1. The molecule has 0 aliphatic rings. The van der Waals surface area contributed by atoms with E-state index in [2.05, 4.69) is 5.32 Å². The number of Topliss-reactive ketones (excluding diaryl/α,β-unsaturated/α-hetero) is 1. The molecule has 1 amide bonds. The van der Waals surface area contributed by atoms with Crippen LogP contribution >= 0.6 is 11.6 Å². The summed E-state index contributed by atoms with van der Waals surface area (Å²) >= 11 is 5.80. The summed E-state index contributed by atoms with van der Waals surface area (Å²) in [5, 5.41) is 12.4. The number of benzene rings is 2. The molecule has 114 valence electrons. The van der Waals surface area contributed by atoms with Crippen molar-refractivity contribution >= 4 is 35.1 Å². The standard InChI is InChI=1S/C18H13ClN2O2/c1-12(22)16-4-2-3-5-17(16)21-18(23)14(11-20)10-13-6-8-15(19)9-7-13/h2-10H,1H3,(H,21,23)/b14-10-. The van der Waals surface area contributed by atoms with Crippen LogP contribution < -0.4 is 5.32 Å². The highest BCUT2D eigenvalue weighted by atomic mass is 35.5. The molecule has 0 aliphatic carbocycles. The summed E-state index contributed by atoms with van der Waals surface area (Å²) in [6, 6.07) is 15.3. The van der Waals surface area contributed by atoms with Crippen LogP contribution in [0.5, 0.6) is 0 Å². The van der Waals surface area contributed by atoms with E-state index in [0.29, 0.717) is 21.8 Å². The van der Waals surface area contributed by atoms with Crippen molar-refractivity contribution in [2.24, 2.45) is 0 Å². The van der Waals surface area contributed by atoms with E-state index in [1.165, 1.54) is 13.0 Å². The summed E-state index contributed by atoms with van der Waals surface area (Å²) in [4.78, 5) is 23.8. The summed E-state index contributed by atoms with van der Waals surface area (Å²) in [5.74, 6) is -0.739. The summed E-state index contributed by atoms with van der Waals surface area (Å²) in [7, 11) is 0. The van der Waals surface area contributed by atoms with E-state index in [4.69, 9.17) is 11.6 Å². The van der Waals surface area contributed by atoms with Crippen molar-refractivity contribution in [3.63, 3.8) is 0 Å². The third-order valence-electron chi connectivity index (χ3n) is 3.10. The molecule has 2 aromatic carbocycles. The zero-order valence-electron chi connectivity index (χ0n) is 12.3. The van der Waals surface area contributed by atoms with Crippen LogP contribution in [0.25, 0.3) is 6.08 Å². The summed E-state index contributed by atoms with van der Waals surface area (Å²) < 4.78 is 0. The number of nitriles is 1. The highest BCUT2D eigenvalue weighted by Gasteiger charge is 2.13. The first-order chi connectivity index (χ1) is 11.0. The van der Waals surface area contributed by atoms with E-state index in [0.717, 1.165) is 0 Å². The van der Waals surface area contributed by atoms with E-state index >= 15 is 0 Å². The lowest BCUT2D eigenvalue weighted by Crippen LogP contribution is -2.15. The van der Waals surface area contributed by atoms with E-state index < -0.39 is 5.91 Å². The van der Waals surface area contributed by atoms with E-state index in [-0.39, 0.29) is 11.4 Å². The van der Waals surface area contributed by atoms with Crippen molar-refractivity contribution in [2.45, 2.75) is 6.92 Å². The number of rotatable bonds is 4. The Kier molecular flexibility index (Phi) is 5.29. The Hall–Kier alpha value is -2.90. The fourth-order valence-corrected chi connectivity index (χ4v) is 2.09. The molecule has 0 saturated heterocycles. The molecule has 0 spiro atoms. The number of para-hydroxylation sites is 1. The Balaban J connectivity index is 2.27. The molecule has 0 aromatic heterocycles. The molecule has 23 heavy (non-hydrogen) atoms. The quantitative estimate of drug-likeness (QED) is 0.523. The van der Waals surface area contributed by atoms with Gasteiger partial charge in [0.25, 0.3) is 5.91 Å². The second-order valence-electron chi connectivity index (χ2n) is 4.78. The number of carbonyl (C=O) groups excluding carboxylic acids is 2. The van der Waals surface area contributed by atoms with Gasteiger partial charge in [-0.2, -0.15) is 5.26 Å². The second kappa shape index (κ2) is 7.39. The first-order valence-corrected chi connectivity index (χ1v) is 7.17. The number of ketones is 1. The average molecular weight is 325 g/mol. The molecule has 2 aromatic rings. The Bertz CT molecular complexity index is 818. The summed E-state index contributed by atoms with van der Waals surface area (Å²) in [6.45, 7) is 1.42. The number of amides is 1. The molecule has 4 nitrogen and oxygen atoms in total. The first-order valence-electron chi connectivity index (χ1n) is 6.80. The Morgan fingerprint density at radius 2 is 1.78 bits per heavy atom. The van der Waals surface area contributed by atoms with Gasteiger partial charge in [-0.15, -0.1) is 0 Å².